The number of nitrogens with two attached hydrogens (primary N) is 1. The number of thiophene rings is 1. The van der Waals surface area contributed by atoms with Crippen LogP contribution in [0.3, 0.4) is 0 Å². The van der Waals surface area contributed by atoms with Crippen molar-refractivity contribution < 1.29 is 19.1 Å². The topological polar surface area (TPSA) is 111 Å². The molecule has 0 bridgehead atoms. The Morgan fingerprint density at radius 1 is 1.00 bits per heavy atom. The predicted octanol–water partition coefficient (Wildman–Crippen LogP) is 2.72. The highest BCUT2D eigenvalue weighted by Gasteiger charge is 2.24. The molecule has 3 aromatic rings. The molecule has 29 heavy (non-hydrogen) atoms. The van der Waals surface area contributed by atoms with Gasteiger partial charge in [0.05, 0.1) is 4.88 Å². The monoisotopic (exact) mass is 409 g/mol. The summed E-state index contributed by atoms with van der Waals surface area (Å²) < 4.78 is 5.25. The third kappa shape index (κ3) is 5.66. The fourth-order valence-electron chi connectivity index (χ4n) is 2.59. The van der Waals surface area contributed by atoms with E-state index < -0.39 is 17.9 Å². The van der Waals surface area contributed by atoms with E-state index in [4.69, 9.17) is 10.5 Å². The Kier molecular flexibility index (Phi) is 6.59. The predicted molar refractivity (Wildman–Crippen MR) is 111 cm³/mol. The van der Waals surface area contributed by atoms with E-state index in [1.165, 1.54) is 11.3 Å². The van der Waals surface area contributed by atoms with Gasteiger partial charge in [0.15, 0.2) is 6.61 Å². The first-order valence-corrected chi connectivity index (χ1v) is 9.62. The number of amides is 3. The molecular weight excluding hydrogens is 390 g/mol. The summed E-state index contributed by atoms with van der Waals surface area (Å²) in [4.78, 5) is 36.8. The van der Waals surface area contributed by atoms with Crippen LogP contribution < -0.4 is 21.1 Å². The second-order valence-corrected chi connectivity index (χ2v) is 7.01. The van der Waals surface area contributed by atoms with Gasteiger partial charge in [-0.3, -0.25) is 14.4 Å². The van der Waals surface area contributed by atoms with E-state index in [2.05, 4.69) is 10.6 Å². The van der Waals surface area contributed by atoms with Gasteiger partial charge in [0.2, 0.25) is 0 Å². The number of benzene rings is 2. The summed E-state index contributed by atoms with van der Waals surface area (Å²) in [7, 11) is 0. The molecule has 0 saturated carbocycles. The van der Waals surface area contributed by atoms with Crippen molar-refractivity contribution >= 4 is 34.7 Å². The smallest absolute Gasteiger partial charge is 0.262 e. The molecule has 4 N–H and O–H groups in total. The summed E-state index contributed by atoms with van der Waals surface area (Å²) in [6.45, 7) is -0.263. The summed E-state index contributed by atoms with van der Waals surface area (Å²) in [6, 6.07) is 18.1. The first-order valence-electron chi connectivity index (χ1n) is 8.74. The average Bonchev–Trinajstić information content (AvgIpc) is 3.26. The number of primary amides is 1. The second kappa shape index (κ2) is 9.52. The van der Waals surface area contributed by atoms with Crippen molar-refractivity contribution in [3.63, 3.8) is 0 Å². The van der Waals surface area contributed by atoms with Crippen molar-refractivity contribution in [1.82, 2.24) is 5.32 Å². The van der Waals surface area contributed by atoms with Gasteiger partial charge in [-0.2, -0.15) is 0 Å². The third-order valence-electron chi connectivity index (χ3n) is 3.90. The molecule has 148 valence electrons. The van der Waals surface area contributed by atoms with Gasteiger partial charge in [0.1, 0.15) is 11.8 Å². The van der Waals surface area contributed by atoms with Crippen LogP contribution in [-0.2, 0) is 9.59 Å². The van der Waals surface area contributed by atoms with Crippen LogP contribution in [0.15, 0.2) is 72.1 Å². The Balaban J connectivity index is 1.77. The van der Waals surface area contributed by atoms with E-state index in [1.807, 2.05) is 6.07 Å². The van der Waals surface area contributed by atoms with Gasteiger partial charge in [-0.05, 0) is 29.1 Å². The zero-order valence-corrected chi connectivity index (χ0v) is 16.1. The Labute approximate surface area is 171 Å². The van der Waals surface area contributed by atoms with Crippen molar-refractivity contribution in [2.45, 2.75) is 6.04 Å². The maximum atomic E-state index is 13.0. The quantitative estimate of drug-likeness (QED) is 0.531. The molecule has 0 aliphatic rings. The third-order valence-corrected chi connectivity index (χ3v) is 4.77. The van der Waals surface area contributed by atoms with Crippen molar-refractivity contribution in [1.29, 1.82) is 0 Å². The van der Waals surface area contributed by atoms with Crippen molar-refractivity contribution in [2.24, 2.45) is 5.73 Å². The first kappa shape index (κ1) is 20.1. The van der Waals surface area contributed by atoms with E-state index in [0.29, 0.717) is 21.9 Å². The minimum Gasteiger partial charge on any atom is -0.484 e. The highest BCUT2D eigenvalue weighted by molar-refractivity contribution is 7.12. The lowest BCUT2D eigenvalue weighted by Gasteiger charge is -2.19. The fourth-order valence-corrected chi connectivity index (χ4v) is 3.22. The highest BCUT2D eigenvalue weighted by Crippen LogP contribution is 2.21. The molecule has 1 atom stereocenters. The SMILES string of the molecule is NC(=O)COc1cccc(NC(=O)C(NC(=O)c2cccs2)c2ccccc2)c1. The van der Waals surface area contributed by atoms with E-state index in [9.17, 15) is 14.4 Å². The Morgan fingerprint density at radius 2 is 1.79 bits per heavy atom. The Hall–Kier alpha value is -3.65. The van der Waals surface area contributed by atoms with Gasteiger partial charge in [-0.1, -0.05) is 42.5 Å². The number of ether oxygens (including phenoxy) is 1. The van der Waals surface area contributed by atoms with Crippen molar-refractivity contribution in [3.8, 4) is 5.75 Å². The summed E-state index contributed by atoms with van der Waals surface area (Å²) in [5, 5.41) is 7.35. The fraction of sp³-hybridized carbons (Fsp3) is 0.0952. The van der Waals surface area contributed by atoms with Crippen LogP contribution in [0.1, 0.15) is 21.3 Å². The van der Waals surface area contributed by atoms with Gasteiger partial charge >= 0.3 is 0 Å². The molecule has 1 unspecified atom stereocenters. The molecular formula is C21H19N3O4S. The Morgan fingerprint density at radius 3 is 2.48 bits per heavy atom. The van der Waals surface area contributed by atoms with Crippen LogP contribution in [0.4, 0.5) is 5.69 Å². The summed E-state index contributed by atoms with van der Waals surface area (Å²) in [6.07, 6.45) is 0. The standard InChI is InChI=1S/C21H19N3O4S/c22-18(25)13-28-16-9-4-8-15(12-16)23-21(27)19(14-6-2-1-3-7-14)24-20(26)17-10-5-11-29-17/h1-12,19H,13H2,(H2,22,25)(H,23,27)(H,24,26). The minimum atomic E-state index is -0.888. The summed E-state index contributed by atoms with van der Waals surface area (Å²) in [5.74, 6) is -0.948. The van der Waals surface area contributed by atoms with Gasteiger partial charge in [0.25, 0.3) is 17.7 Å². The molecule has 0 aliphatic heterocycles. The van der Waals surface area contributed by atoms with E-state index in [1.54, 1.807) is 66.0 Å². The molecule has 1 heterocycles. The lowest BCUT2D eigenvalue weighted by Crippen LogP contribution is -2.36. The van der Waals surface area contributed by atoms with Crippen LogP contribution in [0.2, 0.25) is 0 Å². The molecule has 8 heteroatoms. The number of hydrogen-bond donors (Lipinski definition) is 3. The maximum absolute atomic E-state index is 13.0. The zero-order valence-electron chi connectivity index (χ0n) is 15.3. The maximum Gasteiger partial charge on any atom is 0.262 e. The van der Waals surface area contributed by atoms with E-state index in [0.717, 1.165) is 0 Å². The van der Waals surface area contributed by atoms with E-state index in [-0.39, 0.29) is 12.5 Å². The first-order chi connectivity index (χ1) is 14.0. The van der Waals surface area contributed by atoms with Gasteiger partial charge in [-0.25, -0.2) is 0 Å². The van der Waals surface area contributed by atoms with Crippen LogP contribution in [0.25, 0.3) is 0 Å². The van der Waals surface area contributed by atoms with Crippen LogP contribution in [-0.4, -0.2) is 24.3 Å². The normalized spacial score (nSPS) is 11.3. The Bertz CT molecular complexity index is 990. The number of carbonyl (C=O) groups excluding carboxylic acids is 3. The molecule has 7 nitrogen and oxygen atoms in total. The number of anilines is 1. The molecule has 0 fully saturated rings. The summed E-state index contributed by atoms with van der Waals surface area (Å²) in [5.41, 5.74) is 6.19. The lowest BCUT2D eigenvalue weighted by molar-refractivity contribution is -0.120. The highest BCUT2D eigenvalue weighted by atomic mass is 32.1. The van der Waals surface area contributed by atoms with Gasteiger partial charge < -0.3 is 21.1 Å². The largest absolute Gasteiger partial charge is 0.484 e. The van der Waals surface area contributed by atoms with Crippen LogP contribution >= 0.6 is 11.3 Å². The molecule has 3 amide bonds. The van der Waals surface area contributed by atoms with Crippen molar-refractivity contribution in [2.75, 3.05) is 11.9 Å². The molecule has 1 aromatic heterocycles. The van der Waals surface area contributed by atoms with Crippen LogP contribution in [0, 0.1) is 0 Å². The average molecular weight is 409 g/mol. The van der Waals surface area contributed by atoms with Crippen molar-refractivity contribution in [3.05, 3.63) is 82.6 Å². The zero-order chi connectivity index (χ0) is 20.6. The molecule has 0 aliphatic carbocycles. The number of hydrogen-bond acceptors (Lipinski definition) is 5. The lowest BCUT2D eigenvalue weighted by atomic mass is 10.1. The molecule has 3 rings (SSSR count). The van der Waals surface area contributed by atoms with E-state index >= 15 is 0 Å². The minimum absolute atomic E-state index is 0.263. The number of rotatable bonds is 8. The molecule has 0 saturated heterocycles. The second-order valence-electron chi connectivity index (χ2n) is 6.07. The molecule has 0 radical (unpaired) electrons. The molecule has 0 spiro atoms. The summed E-state index contributed by atoms with van der Waals surface area (Å²) >= 11 is 1.30. The number of nitrogens with one attached hydrogen (secondary N) is 2. The van der Waals surface area contributed by atoms with Gasteiger partial charge in [0, 0.05) is 11.8 Å². The van der Waals surface area contributed by atoms with Gasteiger partial charge in [-0.15, -0.1) is 11.3 Å². The number of carbonyl (C=O) groups is 3. The molecule has 2 aromatic carbocycles. The van der Waals surface area contributed by atoms with Crippen LogP contribution in [0.5, 0.6) is 5.75 Å².